The van der Waals surface area contributed by atoms with Crippen molar-refractivity contribution in [2.45, 2.75) is 31.6 Å². The van der Waals surface area contributed by atoms with Gasteiger partial charge in [0, 0.05) is 25.7 Å². The van der Waals surface area contributed by atoms with E-state index in [4.69, 9.17) is 15.8 Å². The number of nitrogens with one attached hydrogen (secondary N) is 1. The van der Waals surface area contributed by atoms with E-state index in [1.165, 1.54) is 11.0 Å². The van der Waals surface area contributed by atoms with Gasteiger partial charge in [-0.15, -0.1) is 5.10 Å². The predicted molar refractivity (Wildman–Crippen MR) is 95.8 cm³/mol. The van der Waals surface area contributed by atoms with E-state index in [1.807, 2.05) is 11.8 Å². The monoisotopic (exact) mass is 364 g/mol. The van der Waals surface area contributed by atoms with Crippen LogP contribution in [0.2, 0.25) is 6.32 Å². The molecule has 2 atom stereocenters. The van der Waals surface area contributed by atoms with Crippen molar-refractivity contribution in [2.75, 3.05) is 18.4 Å². The van der Waals surface area contributed by atoms with Gasteiger partial charge in [-0.25, -0.2) is 0 Å². The Labute approximate surface area is 151 Å². The highest BCUT2D eigenvalue weighted by molar-refractivity contribution is 6.40. The minimum Gasteiger partial charge on any atom is -0.503 e. The number of nitrogens with two attached hydrogens (primary N) is 1. The molecule has 0 unspecified atom stereocenters. The van der Waals surface area contributed by atoms with E-state index in [-0.39, 0.29) is 17.4 Å². The molecular formula is C15H25BN6O4. The summed E-state index contributed by atoms with van der Waals surface area (Å²) in [5.41, 5.74) is 6.84. The Morgan fingerprint density at radius 3 is 2.73 bits per heavy atom. The minimum absolute atomic E-state index is 0.127. The van der Waals surface area contributed by atoms with Crippen molar-refractivity contribution in [3.8, 4) is 0 Å². The number of aliphatic hydroxyl groups excluding tert-OH is 2. The molecule has 1 saturated heterocycles. The van der Waals surface area contributed by atoms with Gasteiger partial charge >= 0.3 is 7.12 Å². The Morgan fingerprint density at radius 2 is 2.12 bits per heavy atom. The van der Waals surface area contributed by atoms with Gasteiger partial charge in [0.1, 0.15) is 11.4 Å². The zero-order chi connectivity index (χ0) is 19.1. The normalized spacial score (nSPS) is 25.7. The summed E-state index contributed by atoms with van der Waals surface area (Å²) in [5, 5.41) is 49.2. The van der Waals surface area contributed by atoms with Gasteiger partial charge in [-0.05, 0) is 25.6 Å². The van der Waals surface area contributed by atoms with E-state index in [0.29, 0.717) is 43.0 Å². The van der Waals surface area contributed by atoms with Gasteiger partial charge in [0.05, 0.1) is 6.20 Å². The second-order valence-corrected chi connectivity index (χ2v) is 7.26. The third kappa shape index (κ3) is 3.50. The molecule has 2 heterocycles. The lowest BCUT2D eigenvalue weighted by Crippen LogP contribution is -2.44. The molecule has 0 radical (unpaired) electrons. The van der Waals surface area contributed by atoms with Crippen LogP contribution in [0, 0.1) is 5.92 Å². The quantitative estimate of drug-likeness (QED) is 0.357. The summed E-state index contributed by atoms with van der Waals surface area (Å²) >= 11 is 0. The average molecular weight is 364 g/mol. The molecule has 0 saturated carbocycles. The van der Waals surface area contributed by atoms with Crippen molar-refractivity contribution in [3.63, 3.8) is 0 Å². The largest absolute Gasteiger partial charge is 0.503 e. The fraction of sp³-hybridized carbons (Fsp3) is 0.600. The molecule has 0 bridgehead atoms. The number of rotatable bonds is 7. The van der Waals surface area contributed by atoms with E-state index in [9.17, 15) is 10.2 Å². The van der Waals surface area contributed by atoms with E-state index in [2.05, 4.69) is 15.5 Å². The number of aryl methyl sites for hydroxylation is 1. The molecule has 1 aromatic rings. The van der Waals surface area contributed by atoms with Crippen LogP contribution in [-0.4, -0.2) is 65.9 Å². The number of nitrogens with zero attached hydrogens (tertiary/aromatic N) is 4. The summed E-state index contributed by atoms with van der Waals surface area (Å²) in [5.74, 6) is 0.208. The fourth-order valence-corrected chi connectivity index (χ4v) is 3.57. The zero-order valence-electron chi connectivity index (χ0n) is 14.9. The average Bonchev–Trinajstić information content (AvgIpc) is 3.09. The maximum atomic E-state index is 10.1. The third-order valence-electron chi connectivity index (χ3n) is 5.01. The van der Waals surface area contributed by atoms with Gasteiger partial charge in [-0.1, -0.05) is 6.42 Å². The van der Waals surface area contributed by atoms with Crippen LogP contribution < -0.4 is 11.1 Å². The number of hydrogen-bond donors (Lipinski definition) is 6. The fourth-order valence-electron chi connectivity index (χ4n) is 3.57. The Kier molecular flexibility index (Phi) is 4.87. The van der Waals surface area contributed by atoms with Gasteiger partial charge in [-0.2, -0.15) is 9.90 Å². The zero-order valence-corrected chi connectivity index (χ0v) is 14.9. The molecule has 1 aliphatic carbocycles. The molecule has 1 aromatic heterocycles. The van der Waals surface area contributed by atoms with Gasteiger partial charge < -0.3 is 36.2 Å². The highest BCUT2D eigenvalue weighted by Crippen LogP contribution is 2.40. The topological polar surface area (TPSA) is 153 Å². The van der Waals surface area contributed by atoms with E-state index < -0.39 is 12.7 Å². The maximum Gasteiger partial charge on any atom is 0.451 e. The smallest absolute Gasteiger partial charge is 0.451 e. The molecule has 10 nitrogen and oxygen atoms in total. The van der Waals surface area contributed by atoms with E-state index in [1.54, 1.807) is 7.05 Å². The van der Waals surface area contributed by atoms with Crippen molar-refractivity contribution in [3.05, 3.63) is 29.1 Å². The maximum absolute atomic E-state index is 10.1. The Bertz CT molecular complexity index is 744. The molecule has 11 heteroatoms. The van der Waals surface area contributed by atoms with Crippen LogP contribution >= 0.6 is 0 Å². The second-order valence-electron chi connectivity index (χ2n) is 7.26. The highest BCUT2D eigenvalue weighted by atomic mass is 16.4. The molecular weight excluding hydrogens is 339 g/mol. The first-order valence-corrected chi connectivity index (χ1v) is 8.59. The Balaban J connectivity index is 1.72. The summed E-state index contributed by atoms with van der Waals surface area (Å²) in [6, 6.07) is 0. The number of anilines is 1. The lowest BCUT2D eigenvalue weighted by Gasteiger charge is -2.31. The lowest BCUT2D eigenvalue weighted by molar-refractivity contribution is 0.270. The van der Waals surface area contributed by atoms with Crippen LogP contribution in [0.15, 0.2) is 29.1 Å². The van der Waals surface area contributed by atoms with Gasteiger partial charge in [0.15, 0.2) is 17.3 Å². The van der Waals surface area contributed by atoms with Crippen LogP contribution in [-0.2, 0) is 7.05 Å². The summed E-state index contributed by atoms with van der Waals surface area (Å²) in [6.45, 7) is 3.06. The highest BCUT2D eigenvalue weighted by Gasteiger charge is 2.45. The molecule has 3 rings (SSSR count). The summed E-state index contributed by atoms with van der Waals surface area (Å²) < 4.78 is 0. The number of hydrogen-bond acceptors (Lipinski definition) is 9. The van der Waals surface area contributed by atoms with Gasteiger partial charge in [0.2, 0.25) is 0 Å². The van der Waals surface area contributed by atoms with Crippen molar-refractivity contribution in [2.24, 2.45) is 18.7 Å². The minimum atomic E-state index is -1.31. The number of aromatic nitrogens is 3. The first-order chi connectivity index (χ1) is 12.2. The van der Waals surface area contributed by atoms with Crippen LogP contribution in [0.4, 0.5) is 5.82 Å². The predicted octanol–water partition coefficient (Wildman–Crippen LogP) is -0.318. The van der Waals surface area contributed by atoms with Crippen LogP contribution in [0.1, 0.15) is 19.8 Å². The van der Waals surface area contributed by atoms with E-state index in [0.717, 1.165) is 6.42 Å². The molecule has 1 fully saturated rings. The number of aliphatic hydroxyl groups is 2. The Morgan fingerprint density at radius 1 is 1.38 bits per heavy atom. The second kappa shape index (κ2) is 6.82. The Hall–Kier alpha value is -2.24. The van der Waals surface area contributed by atoms with Crippen molar-refractivity contribution < 1.29 is 20.3 Å². The molecule has 7 N–H and O–H groups in total. The van der Waals surface area contributed by atoms with E-state index >= 15 is 0 Å². The summed E-state index contributed by atoms with van der Waals surface area (Å²) in [7, 11) is 0.375. The van der Waals surface area contributed by atoms with Crippen molar-refractivity contribution >= 4 is 12.9 Å². The lowest BCUT2D eigenvalue weighted by atomic mass is 9.79. The molecule has 0 amide bonds. The first-order valence-electron chi connectivity index (χ1n) is 8.59. The van der Waals surface area contributed by atoms with Crippen molar-refractivity contribution in [1.82, 2.24) is 19.9 Å². The van der Waals surface area contributed by atoms with Crippen LogP contribution in [0.3, 0.4) is 0 Å². The first kappa shape index (κ1) is 18.6. The summed E-state index contributed by atoms with van der Waals surface area (Å²) in [6.07, 6.45) is 3.23. The molecule has 2 aliphatic rings. The van der Waals surface area contributed by atoms with Crippen molar-refractivity contribution in [1.29, 1.82) is 0 Å². The molecule has 142 valence electrons. The van der Waals surface area contributed by atoms with Gasteiger partial charge in [0.25, 0.3) is 0 Å². The molecule has 0 aromatic carbocycles. The molecule has 1 aliphatic heterocycles. The molecule has 0 spiro atoms. The van der Waals surface area contributed by atoms with Crippen LogP contribution in [0.25, 0.3) is 0 Å². The SMILES string of the molecule is Cn1ncc(NC2=C(N3C[C@H](CCCB(O)O)[C@@](C)(N)C3)C(O)=C2O)n1. The standard InChI is InChI=1S/C15H25BN6O4/c1-15(17)8-22(7-9(15)4-3-5-16(25)26)12-11(13(23)14(12)24)19-10-6-18-21(2)20-10/h6,9,23-26H,3-5,7-8,17H2,1-2H3,(H,19,20)/t9-,15-/m0/s1. The number of likely N-dealkylation sites (tertiary alicyclic amines) is 1. The van der Waals surface area contributed by atoms with Gasteiger partial charge in [-0.3, -0.25) is 0 Å². The van der Waals surface area contributed by atoms with Crippen LogP contribution in [0.5, 0.6) is 0 Å². The third-order valence-corrected chi connectivity index (χ3v) is 5.01. The molecule has 26 heavy (non-hydrogen) atoms. The summed E-state index contributed by atoms with van der Waals surface area (Å²) in [4.78, 5) is 3.33.